The topological polar surface area (TPSA) is 82.9 Å². The minimum absolute atomic E-state index is 0.219. The smallest absolute Gasteiger partial charge is 0.320 e. The van der Waals surface area contributed by atoms with Crippen LogP contribution < -0.4 is 16.4 Å². The minimum Gasteiger partial charge on any atom is -0.399 e. The lowest BCUT2D eigenvalue weighted by Gasteiger charge is -2.02. The number of amides is 2. The Kier molecular flexibility index (Phi) is 3.52. The second-order valence-electron chi connectivity index (χ2n) is 3.91. The van der Waals surface area contributed by atoms with E-state index < -0.39 is 0 Å². The van der Waals surface area contributed by atoms with Gasteiger partial charge in [-0.2, -0.15) is 0 Å². The molecule has 0 atom stereocenters. The Balaban J connectivity index is 2.10. The number of urea groups is 1. The highest BCUT2D eigenvalue weighted by atomic mass is 16.2. The van der Waals surface area contributed by atoms with Crippen molar-refractivity contribution in [1.82, 2.24) is 10.3 Å². The standard InChI is InChI=1S/C13H16N4O/c1-2-15-13(18)17-12-7-10(8-16-12)9-3-5-11(14)6-4-9/h3-8,16H,2,14H2,1H3,(H2,15,17,18). The van der Waals surface area contributed by atoms with E-state index in [0.29, 0.717) is 12.4 Å². The molecule has 1 aromatic carbocycles. The van der Waals surface area contributed by atoms with Gasteiger partial charge in [-0.05, 0) is 30.7 Å². The number of nitrogen functional groups attached to an aromatic ring is 1. The lowest BCUT2D eigenvalue weighted by Crippen LogP contribution is -2.28. The van der Waals surface area contributed by atoms with Crippen LogP contribution in [-0.2, 0) is 0 Å². The average Bonchev–Trinajstić information content (AvgIpc) is 2.78. The number of rotatable bonds is 3. The second-order valence-corrected chi connectivity index (χ2v) is 3.91. The third-order valence-electron chi connectivity index (χ3n) is 2.51. The van der Waals surface area contributed by atoms with E-state index in [1.165, 1.54) is 0 Å². The van der Waals surface area contributed by atoms with Gasteiger partial charge >= 0.3 is 6.03 Å². The summed E-state index contributed by atoms with van der Waals surface area (Å²) in [6.07, 6.45) is 1.84. The Morgan fingerprint density at radius 1 is 1.28 bits per heavy atom. The van der Waals surface area contributed by atoms with E-state index in [1.54, 1.807) is 0 Å². The Morgan fingerprint density at radius 2 is 2.00 bits per heavy atom. The van der Waals surface area contributed by atoms with Crippen LogP contribution in [0.2, 0.25) is 0 Å². The van der Waals surface area contributed by atoms with Gasteiger partial charge in [-0.1, -0.05) is 12.1 Å². The molecule has 0 spiro atoms. The SMILES string of the molecule is CCNC(=O)Nc1cc(-c2ccc(N)cc2)c[nH]1. The highest BCUT2D eigenvalue weighted by Gasteiger charge is 2.04. The Hall–Kier alpha value is -2.43. The maximum absolute atomic E-state index is 11.3. The largest absolute Gasteiger partial charge is 0.399 e. The molecule has 0 bridgehead atoms. The van der Waals surface area contributed by atoms with Crippen molar-refractivity contribution in [2.45, 2.75) is 6.92 Å². The van der Waals surface area contributed by atoms with Crippen LogP contribution in [0, 0.1) is 0 Å². The molecule has 2 rings (SSSR count). The first kappa shape index (κ1) is 12.0. The Bertz CT molecular complexity index is 530. The molecule has 2 amide bonds. The lowest BCUT2D eigenvalue weighted by molar-refractivity contribution is 0.252. The zero-order valence-corrected chi connectivity index (χ0v) is 10.2. The third-order valence-corrected chi connectivity index (χ3v) is 2.51. The summed E-state index contributed by atoms with van der Waals surface area (Å²) in [5.41, 5.74) is 8.41. The highest BCUT2D eigenvalue weighted by Crippen LogP contribution is 2.23. The first-order valence-electron chi connectivity index (χ1n) is 5.78. The number of aromatic nitrogens is 1. The zero-order valence-electron chi connectivity index (χ0n) is 10.2. The van der Waals surface area contributed by atoms with Gasteiger partial charge in [-0.3, -0.25) is 5.32 Å². The predicted molar refractivity (Wildman–Crippen MR) is 73.3 cm³/mol. The van der Waals surface area contributed by atoms with Crippen molar-refractivity contribution in [3.8, 4) is 11.1 Å². The van der Waals surface area contributed by atoms with Crippen molar-refractivity contribution < 1.29 is 4.79 Å². The summed E-state index contributed by atoms with van der Waals surface area (Å²) >= 11 is 0. The summed E-state index contributed by atoms with van der Waals surface area (Å²) in [7, 11) is 0. The van der Waals surface area contributed by atoms with Crippen LogP contribution in [0.15, 0.2) is 36.5 Å². The van der Waals surface area contributed by atoms with Crippen molar-refractivity contribution in [2.24, 2.45) is 0 Å². The lowest BCUT2D eigenvalue weighted by atomic mass is 10.1. The van der Waals surface area contributed by atoms with Crippen LogP contribution in [0.3, 0.4) is 0 Å². The first-order chi connectivity index (χ1) is 8.69. The number of carbonyl (C=O) groups is 1. The minimum atomic E-state index is -0.219. The average molecular weight is 244 g/mol. The van der Waals surface area contributed by atoms with Gasteiger partial charge in [0.2, 0.25) is 0 Å². The maximum atomic E-state index is 11.3. The summed E-state index contributed by atoms with van der Waals surface area (Å²) in [5.74, 6) is 0.660. The van der Waals surface area contributed by atoms with Crippen LogP contribution in [-0.4, -0.2) is 17.6 Å². The Labute approximate surface area is 105 Å². The molecule has 2 aromatic rings. The molecule has 94 valence electrons. The summed E-state index contributed by atoms with van der Waals surface area (Å²) in [6, 6.07) is 9.23. The van der Waals surface area contributed by atoms with E-state index in [9.17, 15) is 4.79 Å². The van der Waals surface area contributed by atoms with E-state index in [1.807, 2.05) is 43.5 Å². The molecule has 0 aliphatic heterocycles. The molecule has 18 heavy (non-hydrogen) atoms. The van der Waals surface area contributed by atoms with E-state index >= 15 is 0 Å². The van der Waals surface area contributed by atoms with Gasteiger partial charge in [0.05, 0.1) is 0 Å². The molecule has 0 unspecified atom stereocenters. The first-order valence-corrected chi connectivity index (χ1v) is 5.78. The van der Waals surface area contributed by atoms with Crippen LogP contribution in [0.25, 0.3) is 11.1 Å². The van der Waals surface area contributed by atoms with E-state index in [2.05, 4.69) is 15.6 Å². The van der Waals surface area contributed by atoms with E-state index in [0.717, 1.165) is 16.8 Å². The summed E-state index contributed by atoms with van der Waals surface area (Å²) in [6.45, 7) is 2.46. The van der Waals surface area contributed by atoms with Crippen molar-refractivity contribution in [1.29, 1.82) is 0 Å². The quantitative estimate of drug-likeness (QED) is 0.625. The van der Waals surface area contributed by atoms with Gasteiger partial charge in [0.25, 0.3) is 0 Å². The van der Waals surface area contributed by atoms with Gasteiger partial charge in [0, 0.05) is 24.0 Å². The van der Waals surface area contributed by atoms with E-state index in [-0.39, 0.29) is 6.03 Å². The normalized spacial score (nSPS) is 10.1. The maximum Gasteiger partial charge on any atom is 0.320 e. The van der Waals surface area contributed by atoms with Crippen molar-refractivity contribution in [3.63, 3.8) is 0 Å². The number of benzene rings is 1. The van der Waals surface area contributed by atoms with Gasteiger partial charge < -0.3 is 16.0 Å². The van der Waals surface area contributed by atoms with Gasteiger partial charge in [-0.15, -0.1) is 0 Å². The second kappa shape index (κ2) is 5.27. The number of nitrogens with one attached hydrogen (secondary N) is 3. The fourth-order valence-electron chi connectivity index (χ4n) is 1.64. The number of hydrogen-bond acceptors (Lipinski definition) is 2. The third kappa shape index (κ3) is 2.82. The summed E-state index contributed by atoms with van der Waals surface area (Å²) in [5, 5.41) is 5.38. The molecule has 5 nitrogen and oxygen atoms in total. The fraction of sp³-hybridized carbons (Fsp3) is 0.154. The molecule has 1 heterocycles. The molecule has 0 fully saturated rings. The monoisotopic (exact) mass is 244 g/mol. The molecule has 0 saturated heterocycles. The van der Waals surface area contributed by atoms with Gasteiger partial charge in [0.1, 0.15) is 5.82 Å². The summed E-state index contributed by atoms with van der Waals surface area (Å²) in [4.78, 5) is 14.3. The number of hydrogen-bond donors (Lipinski definition) is 4. The fourth-order valence-corrected chi connectivity index (χ4v) is 1.64. The highest BCUT2D eigenvalue weighted by molar-refractivity contribution is 5.89. The number of H-pyrrole nitrogens is 1. The number of aromatic amines is 1. The van der Waals surface area contributed by atoms with Crippen molar-refractivity contribution >= 4 is 17.5 Å². The molecule has 0 radical (unpaired) electrons. The van der Waals surface area contributed by atoms with Gasteiger partial charge in [-0.25, -0.2) is 4.79 Å². The molecular formula is C13H16N4O. The Morgan fingerprint density at radius 3 is 2.67 bits per heavy atom. The predicted octanol–water partition coefficient (Wildman–Crippen LogP) is 2.41. The molecule has 0 aliphatic carbocycles. The molecule has 0 aliphatic rings. The number of anilines is 2. The van der Waals surface area contributed by atoms with Crippen LogP contribution in [0.1, 0.15) is 6.92 Å². The zero-order chi connectivity index (χ0) is 13.0. The molecular weight excluding hydrogens is 228 g/mol. The summed E-state index contributed by atoms with van der Waals surface area (Å²) < 4.78 is 0. The van der Waals surface area contributed by atoms with Crippen LogP contribution in [0.5, 0.6) is 0 Å². The van der Waals surface area contributed by atoms with Crippen molar-refractivity contribution in [2.75, 3.05) is 17.6 Å². The number of nitrogens with two attached hydrogens (primary N) is 1. The van der Waals surface area contributed by atoms with Crippen LogP contribution >= 0.6 is 0 Å². The van der Waals surface area contributed by atoms with Gasteiger partial charge in [0.15, 0.2) is 0 Å². The molecule has 1 aromatic heterocycles. The molecule has 0 saturated carbocycles. The molecule has 5 N–H and O–H groups in total. The number of carbonyl (C=O) groups excluding carboxylic acids is 1. The van der Waals surface area contributed by atoms with Crippen molar-refractivity contribution in [3.05, 3.63) is 36.5 Å². The van der Waals surface area contributed by atoms with E-state index in [4.69, 9.17) is 5.73 Å². The van der Waals surface area contributed by atoms with Crippen LogP contribution in [0.4, 0.5) is 16.3 Å². The molecule has 5 heteroatoms.